The molecule has 7 nitrogen and oxygen atoms in total. The van der Waals surface area contributed by atoms with Crippen molar-refractivity contribution in [2.24, 2.45) is 0 Å². The van der Waals surface area contributed by atoms with Gasteiger partial charge in [-0.2, -0.15) is 13.2 Å². The van der Waals surface area contributed by atoms with Crippen molar-refractivity contribution < 1.29 is 18.0 Å². The molecule has 3 aromatic rings. The van der Waals surface area contributed by atoms with Gasteiger partial charge in [-0.3, -0.25) is 9.36 Å². The molecule has 0 saturated carbocycles. The fourth-order valence-electron chi connectivity index (χ4n) is 3.67. The molecule has 4 rings (SSSR count). The number of rotatable bonds is 3. The number of hydrogen-bond acceptors (Lipinski definition) is 5. The van der Waals surface area contributed by atoms with E-state index < -0.39 is 11.7 Å². The molecule has 32 heavy (non-hydrogen) atoms. The van der Waals surface area contributed by atoms with Crippen LogP contribution in [-0.4, -0.2) is 56.5 Å². The van der Waals surface area contributed by atoms with Gasteiger partial charge in [0.1, 0.15) is 23.8 Å². The molecule has 0 bridgehead atoms. The highest BCUT2D eigenvalue weighted by Gasteiger charge is 2.31. The first-order valence-corrected chi connectivity index (χ1v) is 10.2. The summed E-state index contributed by atoms with van der Waals surface area (Å²) in [6, 6.07) is 6.23. The molecule has 1 aromatic carbocycles. The van der Waals surface area contributed by atoms with Crippen LogP contribution in [0.15, 0.2) is 36.7 Å². The van der Waals surface area contributed by atoms with Crippen LogP contribution in [0.5, 0.6) is 0 Å². The Kier molecular flexibility index (Phi) is 5.62. The molecular formula is C22H23F3N6O. The van der Waals surface area contributed by atoms with E-state index in [1.165, 1.54) is 12.1 Å². The molecule has 0 aliphatic carbocycles. The van der Waals surface area contributed by atoms with Crippen LogP contribution in [0.1, 0.15) is 33.1 Å². The van der Waals surface area contributed by atoms with Crippen molar-refractivity contribution in [3.63, 3.8) is 0 Å². The molecule has 0 N–H and O–H groups in total. The molecule has 0 unspecified atom stereocenters. The van der Waals surface area contributed by atoms with E-state index in [9.17, 15) is 18.0 Å². The van der Waals surface area contributed by atoms with E-state index in [-0.39, 0.29) is 11.5 Å². The maximum Gasteiger partial charge on any atom is 0.416 e. The summed E-state index contributed by atoms with van der Waals surface area (Å²) in [6.07, 6.45) is -2.69. The minimum Gasteiger partial charge on any atom is -0.353 e. The molecule has 1 saturated heterocycles. The maximum atomic E-state index is 12.8. The monoisotopic (exact) mass is 444 g/mol. The van der Waals surface area contributed by atoms with E-state index in [1.54, 1.807) is 11.2 Å². The zero-order valence-electron chi connectivity index (χ0n) is 18.0. The number of carbonyl (C=O) groups is 1. The molecule has 1 aliphatic heterocycles. The van der Waals surface area contributed by atoms with Gasteiger partial charge < -0.3 is 9.80 Å². The van der Waals surface area contributed by atoms with Gasteiger partial charge in [0.25, 0.3) is 5.91 Å². The highest BCUT2D eigenvalue weighted by Crippen LogP contribution is 2.29. The zero-order chi connectivity index (χ0) is 23.0. The van der Waals surface area contributed by atoms with Gasteiger partial charge in [-0.05, 0) is 45.0 Å². The highest BCUT2D eigenvalue weighted by atomic mass is 19.4. The highest BCUT2D eigenvalue weighted by molar-refractivity contribution is 5.94. The van der Waals surface area contributed by atoms with Gasteiger partial charge in [0.05, 0.1) is 11.3 Å². The van der Waals surface area contributed by atoms with Crippen molar-refractivity contribution in [1.29, 1.82) is 0 Å². The van der Waals surface area contributed by atoms with Crippen molar-refractivity contribution in [3.8, 4) is 5.82 Å². The third kappa shape index (κ3) is 4.30. The number of imidazole rings is 1. The largest absolute Gasteiger partial charge is 0.416 e. The van der Waals surface area contributed by atoms with Crippen LogP contribution < -0.4 is 4.90 Å². The molecule has 0 spiro atoms. The Morgan fingerprint density at radius 1 is 0.938 bits per heavy atom. The first-order chi connectivity index (χ1) is 15.1. The second-order valence-electron chi connectivity index (χ2n) is 7.77. The predicted octanol–water partition coefficient (Wildman–Crippen LogP) is 3.57. The number of benzene rings is 1. The minimum absolute atomic E-state index is 0.248. The number of piperazine rings is 1. The Balaban J connectivity index is 1.46. The van der Waals surface area contributed by atoms with Crippen LogP contribution >= 0.6 is 0 Å². The number of alkyl halides is 3. The lowest BCUT2D eigenvalue weighted by Gasteiger charge is -2.35. The van der Waals surface area contributed by atoms with Crippen LogP contribution in [0.3, 0.4) is 0 Å². The van der Waals surface area contributed by atoms with Crippen LogP contribution in [0.25, 0.3) is 5.82 Å². The smallest absolute Gasteiger partial charge is 0.353 e. The Bertz CT molecular complexity index is 1130. The molecule has 3 heterocycles. The van der Waals surface area contributed by atoms with Crippen molar-refractivity contribution >= 4 is 11.7 Å². The predicted molar refractivity (Wildman–Crippen MR) is 113 cm³/mol. The molecular weight excluding hydrogens is 421 g/mol. The van der Waals surface area contributed by atoms with E-state index in [4.69, 9.17) is 0 Å². The third-order valence-corrected chi connectivity index (χ3v) is 5.66. The summed E-state index contributed by atoms with van der Waals surface area (Å²) in [5.41, 5.74) is 1.41. The number of anilines is 1. The van der Waals surface area contributed by atoms with E-state index in [0.717, 1.165) is 35.2 Å². The van der Waals surface area contributed by atoms with Crippen LogP contribution in [0.2, 0.25) is 0 Å². The first kappa shape index (κ1) is 21.8. The Labute approximate surface area is 183 Å². The van der Waals surface area contributed by atoms with Gasteiger partial charge >= 0.3 is 6.18 Å². The molecule has 0 atom stereocenters. The Hall–Kier alpha value is -3.43. The van der Waals surface area contributed by atoms with Gasteiger partial charge in [0.2, 0.25) is 0 Å². The number of nitrogens with zero attached hydrogens (tertiary/aromatic N) is 6. The summed E-state index contributed by atoms with van der Waals surface area (Å²) in [6.45, 7) is 7.76. The number of aryl methyl sites for hydroxylation is 2. The fourth-order valence-corrected chi connectivity index (χ4v) is 3.67. The molecule has 2 aromatic heterocycles. The van der Waals surface area contributed by atoms with E-state index in [1.807, 2.05) is 31.4 Å². The molecule has 1 aliphatic rings. The summed E-state index contributed by atoms with van der Waals surface area (Å²) >= 11 is 0. The molecule has 10 heteroatoms. The first-order valence-electron chi connectivity index (χ1n) is 10.2. The van der Waals surface area contributed by atoms with Crippen LogP contribution in [-0.2, 0) is 6.18 Å². The van der Waals surface area contributed by atoms with Gasteiger partial charge in [-0.1, -0.05) is 0 Å². The average molecular weight is 444 g/mol. The minimum atomic E-state index is -4.42. The van der Waals surface area contributed by atoms with Crippen molar-refractivity contribution in [2.75, 3.05) is 31.1 Å². The zero-order valence-corrected chi connectivity index (χ0v) is 18.0. The quantitative estimate of drug-likeness (QED) is 0.618. The third-order valence-electron chi connectivity index (χ3n) is 5.66. The normalized spacial score (nSPS) is 14.7. The topological polar surface area (TPSA) is 67.2 Å². The van der Waals surface area contributed by atoms with E-state index >= 15 is 0 Å². The van der Waals surface area contributed by atoms with Crippen molar-refractivity contribution in [2.45, 2.75) is 26.9 Å². The standard InChI is InChI=1S/C22H23F3N6O/c1-14-15(2)31(13-26-14)20-12-19(27-16(3)28-20)29-8-10-30(11-9-29)21(32)17-4-6-18(7-5-17)22(23,24)25/h4-7,12-13H,8-11H2,1-3H3. The average Bonchev–Trinajstić information content (AvgIpc) is 3.11. The molecule has 168 valence electrons. The summed E-state index contributed by atoms with van der Waals surface area (Å²) in [7, 11) is 0. The Morgan fingerprint density at radius 3 is 2.12 bits per heavy atom. The summed E-state index contributed by atoms with van der Waals surface area (Å²) in [5, 5.41) is 0. The summed E-state index contributed by atoms with van der Waals surface area (Å²) < 4.78 is 40.2. The lowest BCUT2D eigenvalue weighted by molar-refractivity contribution is -0.137. The van der Waals surface area contributed by atoms with Crippen molar-refractivity contribution in [1.82, 2.24) is 24.4 Å². The maximum absolute atomic E-state index is 12.8. The summed E-state index contributed by atoms with van der Waals surface area (Å²) in [4.78, 5) is 29.9. The van der Waals surface area contributed by atoms with Gasteiger partial charge in [0, 0.05) is 43.5 Å². The fraction of sp³-hybridized carbons (Fsp3) is 0.364. The number of carbonyl (C=O) groups excluding carboxylic acids is 1. The number of hydrogen-bond donors (Lipinski definition) is 0. The van der Waals surface area contributed by atoms with Crippen molar-refractivity contribution in [3.05, 3.63) is 65.0 Å². The summed E-state index contributed by atoms with van der Waals surface area (Å²) in [5.74, 6) is 1.85. The van der Waals surface area contributed by atoms with Crippen LogP contribution in [0, 0.1) is 20.8 Å². The Morgan fingerprint density at radius 2 is 1.56 bits per heavy atom. The van der Waals surface area contributed by atoms with Crippen LogP contribution in [0.4, 0.5) is 19.0 Å². The van der Waals surface area contributed by atoms with Gasteiger partial charge in [-0.25, -0.2) is 15.0 Å². The molecule has 1 fully saturated rings. The van der Waals surface area contributed by atoms with E-state index in [0.29, 0.717) is 32.0 Å². The molecule has 0 radical (unpaired) electrons. The van der Waals surface area contributed by atoms with E-state index in [2.05, 4.69) is 19.9 Å². The van der Waals surface area contributed by atoms with Gasteiger partial charge in [-0.15, -0.1) is 0 Å². The van der Waals surface area contributed by atoms with Gasteiger partial charge in [0.15, 0.2) is 0 Å². The second kappa shape index (κ2) is 8.25. The molecule has 1 amide bonds. The number of amides is 1. The number of aromatic nitrogens is 4. The number of halogens is 3. The lowest BCUT2D eigenvalue weighted by atomic mass is 10.1. The lowest BCUT2D eigenvalue weighted by Crippen LogP contribution is -2.49. The SMILES string of the molecule is Cc1nc(N2CCN(C(=O)c3ccc(C(F)(F)F)cc3)CC2)cc(-n2cnc(C)c2C)n1. The second-order valence-corrected chi connectivity index (χ2v) is 7.77.